The predicted molar refractivity (Wildman–Crippen MR) is 91.7 cm³/mol. The van der Waals surface area contributed by atoms with E-state index in [-0.39, 0.29) is 5.41 Å². The summed E-state index contributed by atoms with van der Waals surface area (Å²) >= 11 is 1.79. The minimum Gasteiger partial charge on any atom is -0.380 e. The van der Waals surface area contributed by atoms with Crippen LogP contribution in [0.4, 0.5) is 0 Å². The molecule has 0 unspecified atom stereocenters. The third-order valence-corrected chi connectivity index (χ3v) is 6.64. The first-order valence-electron chi connectivity index (χ1n) is 9.06. The number of thiazole rings is 1. The van der Waals surface area contributed by atoms with E-state index in [1.165, 1.54) is 36.3 Å². The van der Waals surface area contributed by atoms with Crippen LogP contribution in [0.2, 0.25) is 0 Å². The maximum absolute atomic E-state index is 6.15. The Balaban J connectivity index is 1.42. The highest BCUT2D eigenvalue weighted by atomic mass is 32.1. The second-order valence-corrected chi connectivity index (χ2v) is 8.58. The summed E-state index contributed by atoms with van der Waals surface area (Å²) in [7, 11) is 0. The van der Waals surface area contributed by atoms with Crippen molar-refractivity contribution >= 4 is 11.3 Å². The fraction of sp³-hybridized carbons (Fsp3) is 0.833. The molecule has 2 atom stereocenters. The Kier molecular flexibility index (Phi) is 4.72. The van der Waals surface area contributed by atoms with Gasteiger partial charge in [0.05, 0.1) is 23.9 Å². The van der Waals surface area contributed by atoms with Crippen LogP contribution in [0.1, 0.15) is 42.7 Å². The molecule has 1 aromatic rings. The number of hydrogen-bond acceptors (Lipinski definition) is 5. The van der Waals surface area contributed by atoms with E-state index >= 15 is 0 Å². The van der Waals surface area contributed by atoms with Gasteiger partial charge in [0.2, 0.25) is 0 Å². The maximum atomic E-state index is 6.15. The highest BCUT2D eigenvalue weighted by Gasteiger charge is 2.46. The van der Waals surface area contributed by atoms with Crippen LogP contribution in [-0.4, -0.2) is 48.9 Å². The van der Waals surface area contributed by atoms with Crippen LogP contribution in [0, 0.1) is 18.3 Å². The molecule has 4 nitrogen and oxygen atoms in total. The SMILES string of the molecule is Cc1ncsc1CN1CC[C@@H]2OCCC[C@@]2(COCC2CC2)C1. The summed E-state index contributed by atoms with van der Waals surface area (Å²) < 4.78 is 12.3. The Morgan fingerprint density at radius 3 is 3.13 bits per heavy atom. The molecule has 2 saturated heterocycles. The Labute approximate surface area is 143 Å². The third kappa shape index (κ3) is 3.63. The molecular formula is C18H28N2O2S. The van der Waals surface area contributed by atoms with Crippen molar-refractivity contribution in [3.63, 3.8) is 0 Å². The van der Waals surface area contributed by atoms with Gasteiger partial charge in [0.15, 0.2) is 0 Å². The molecule has 128 valence electrons. The van der Waals surface area contributed by atoms with Crippen LogP contribution < -0.4 is 0 Å². The summed E-state index contributed by atoms with van der Waals surface area (Å²) in [5, 5.41) is 0. The first kappa shape index (κ1) is 16.0. The summed E-state index contributed by atoms with van der Waals surface area (Å²) in [6.07, 6.45) is 6.70. The number of aryl methyl sites for hydroxylation is 1. The molecule has 3 fully saturated rings. The lowest BCUT2D eigenvalue weighted by atomic mass is 9.73. The van der Waals surface area contributed by atoms with E-state index in [4.69, 9.17) is 9.47 Å². The average Bonchev–Trinajstić information content (AvgIpc) is 3.30. The second-order valence-electron chi connectivity index (χ2n) is 7.64. The van der Waals surface area contributed by atoms with Gasteiger partial charge in [-0.2, -0.15) is 0 Å². The van der Waals surface area contributed by atoms with Crippen LogP contribution in [0.5, 0.6) is 0 Å². The molecule has 0 spiro atoms. The summed E-state index contributed by atoms with van der Waals surface area (Å²) in [5.41, 5.74) is 3.37. The number of rotatable bonds is 6. The standard InChI is InChI=1S/C18H28N2O2S/c1-14-16(23-13-19-14)9-20-7-5-17-18(11-20,6-2-8-22-17)12-21-10-15-3-4-15/h13,15,17H,2-12H2,1H3/t17-,18-/m0/s1. The fourth-order valence-electron chi connectivity index (χ4n) is 4.12. The van der Waals surface area contributed by atoms with Gasteiger partial charge in [0.1, 0.15) is 0 Å². The van der Waals surface area contributed by atoms with Crippen molar-refractivity contribution in [1.82, 2.24) is 9.88 Å². The highest BCUT2D eigenvalue weighted by Crippen LogP contribution is 2.41. The van der Waals surface area contributed by atoms with Gasteiger partial charge in [-0.3, -0.25) is 4.90 Å². The third-order valence-electron chi connectivity index (χ3n) is 5.72. The molecule has 1 aliphatic carbocycles. The molecule has 23 heavy (non-hydrogen) atoms. The van der Waals surface area contributed by atoms with Gasteiger partial charge >= 0.3 is 0 Å². The Morgan fingerprint density at radius 1 is 1.43 bits per heavy atom. The smallest absolute Gasteiger partial charge is 0.0798 e. The summed E-state index contributed by atoms with van der Waals surface area (Å²) in [6, 6.07) is 0. The van der Waals surface area contributed by atoms with Crippen molar-refractivity contribution in [2.75, 3.05) is 32.9 Å². The summed E-state index contributed by atoms with van der Waals surface area (Å²) in [4.78, 5) is 8.41. The predicted octanol–water partition coefficient (Wildman–Crippen LogP) is 3.25. The molecule has 0 N–H and O–H groups in total. The van der Waals surface area contributed by atoms with Crippen LogP contribution in [-0.2, 0) is 16.0 Å². The maximum Gasteiger partial charge on any atom is 0.0798 e. The lowest BCUT2D eigenvalue weighted by Crippen LogP contribution is -2.56. The normalized spacial score (nSPS) is 32.0. The zero-order chi connectivity index (χ0) is 15.7. The highest BCUT2D eigenvalue weighted by molar-refractivity contribution is 7.09. The zero-order valence-electron chi connectivity index (χ0n) is 14.1. The molecule has 1 saturated carbocycles. The topological polar surface area (TPSA) is 34.6 Å². The minimum absolute atomic E-state index is 0.212. The summed E-state index contributed by atoms with van der Waals surface area (Å²) in [6.45, 7) is 8.17. The molecule has 3 heterocycles. The van der Waals surface area contributed by atoms with E-state index in [1.807, 2.05) is 5.51 Å². The second kappa shape index (κ2) is 6.79. The molecule has 2 aliphatic heterocycles. The van der Waals surface area contributed by atoms with E-state index < -0.39 is 0 Å². The lowest BCUT2D eigenvalue weighted by molar-refractivity contribution is -0.154. The van der Waals surface area contributed by atoms with Crippen molar-refractivity contribution in [2.24, 2.45) is 11.3 Å². The zero-order valence-corrected chi connectivity index (χ0v) is 14.9. The molecule has 1 aromatic heterocycles. The minimum atomic E-state index is 0.212. The molecule has 0 bridgehead atoms. The van der Waals surface area contributed by atoms with Crippen LogP contribution in [0.15, 0.2) is 5.51 Å². The quantitative estimate of drug-likeness (QED) is 0.799. The van der Waals surface area contributed by atoms with Gasteiger partial charge in [-0.1, -0.05) is 0 Å². The number of aromatic nitrogens is 1. The number of nitrogens with zero attached hydrogens (tertiary/aromatic N) is 2. The van der Waals surface area contributed by atoms with Crippen LogP contribution in [0.25, 0.3) is 0 Å². The van der Waals surface area contributed by atoms with Gasteiger partial charge in [-0.05, 0) is 44.9 Å². The molecule has 5 heteroatoms. The molecule has 4 rings (SSSR count). The largest absolute Gasteiger partial charge is 0.380 e. The van der Waals surface area contributed by atoms with Gasteiger partial charge in [0.25, 0.3) is 0 Å². The molecule has 0 radical (unpaired) electrons. The fourth-order valence-corrected chi connectivity index (χ4v) is 4.94. The van der Waals surface area contributed by atoms with Crippen molar-refractivity contribution in [3.05, 3.63) is 16.1 Å². The number of likely N-dealkylation sites (tertiary alicyclic amines) is 1. The van der Waals surface area contributed by atoms with E-state index in [1.54, 1.807) is 11.3 Å². The molecule has 0 aromatic carbocycles. The van der Waals surface area contributed by atoms with Gasteiger partial charge < -0.3 is 9.47 Å². The number of fused-ring (bicyclic) bond motifs is 1. The van der Waals surface area contributed by atoms with E-state index in [0.29, 0.717) is 6.10 Å². The van der Waals surface area contributed by atoms with Gasteiger partial charge in [-0.15, -0.1) is 11.3 Å². The Morgan fingerprint density at radius 2 is 2.35 bits per heavy atom. The van der Waals surface area contributed by atoms with E-state index in [2.05, 4.69) is 16.8 Å². The molecule has 3 aliphatic rings. The monoisotopic (exact) mass is 336 g/mol. The van der Waals surface area contributed by atoms with E-state index in [0.717, 1.165) is 51.8 Å². The summed E-state index contributed by atoms with van der Waals surface area (Å²) in [5.74, 6) is 0.842. The molecular weight excluding hydrogens is 308 g/mol. The van der Waals surface area contributed by atoms with Crippen molar-refractivity contribution < 1.29 is 9.47 Å². The number of hydrogen-bond donors (Lipinski definition) is 0. The first-order valence-corrected chi connectivity index (χ1v) is 9.94. The van der Waals surface area contributed by atoms with Crippen molar-refractivity contribution in [3.8, 4) is 0 Å². The average molecular weight is 337 g/mol. The van der Waals surface area contributed by atoms with Gasteiger partial charge in [-0.25, -0.2) is 4.98 Å². The first-order chi connectivity index (χ1) is 11.3. The number of piperidine rings is 1. The Bertz CT molecular complexity index is 531. The van der Waals surface area contributed by atoms with Crippen LogP contribution in [0.3, 0.4) is 0 Å². The van der Waals surface area contributed by atoms with E-state index in [9.17, 15) is 0 Å². The van der Waals surface area contributed by atoms with Crippen LogP contribution >= 0.6 is 11.3 Å². The lowest BCUT2D eigenvalue weighted by Gasteiger charge is -2.50. The van der Waals surface area contributed by atoms with Crippen molar-refractivity contribution in [1.29, 1.82) is 0 Å². The molecule has 0 amide bonds. The van der Waals surface area contributed by atoms with Gasteiger partial charge in [0, 0.05) is 43.1 Å². The Hall–Kier alpha value is -0.490. The van der Waals surface area contributed by atoms with Crippen molar-refractivity contribution in [2.45, 2.75) is 51.7 Å². The number of ether oxygens (including phenoxy) is 2.